The fourth-order valence-electron chi connectivity index (χ4n) is 0.824. The van der Waals surface area contributed by atoms with Crippen molar-refractivity contribution < 1.29 is 0 Å². The van der Waals surface area contributed by atoms with Gasteiger partial charge in [-0.1, -0.05) is 0 Å². The molecule has 0 aromatic carbocycles. The van der Waals surface area contributed by atoms with Crippen molar-refractivity contribution in [2.24, 2.45) is 21.7 Å². The lowest BCUT2D eigenvalue weighted by Gasteiger charge is -1.91. The van der Waals surface area contributed by atoms with Crippen LogP contribution in [0.15, 0.2) is 21.6 Å². The molecule has 0 saturated carbocycles. The molecule has 0 aliphatic carbocycles. The van der Waals surface area contributed by atoms with E-state index in [1.54, 1.807) is 11.3 Å². The van der Waals surface area contributed by atoms with Crippen LogP contribution in [-0.4, -0.2) is 11.7 Å². The number of guanidine groups is 1. The maximum absolute atomic E-state index is 5.15. The second-order valence-corrected chi connectivity index (χ2v) is 3.77. The van der Waals surface area contributed by atoms with Crippen molar-refractivity contribution in [3.05, 3.63) is 21.9 Å². The van der Waals surface area contributed by atoms with Gasteiger partial charge in [0.1, 0.15) is 0 Å². The van der Waals surface area contributed by atoms with Crippen LogP contribution in [0.3, 0.4) is 0 Å². The number of hydrogen-bond donors (Lipinski definition) is 2. The van der Waals surface area contributed by atoms with Gasteiger partial charge in [-0.25, -0.2) is 0 Å². The van der Waals surface area contributed by atoms with E-state index in [2.05, 4.69) is 10.2 Å². The van der Waals surface area contributed by atoms with E-state index < -0.39 is 0 Å². The Balaban J connectivity index is 2.85. The lowest BCUT2D eigenvalue weighted by atomic mass is 10.2. The SMILES string of the molecule is C/C(=N\N=C(N)N)c1csc(C)c1. The standard InChI is InChI=1S/C8H12N4S/c1-5-3-7(4-13-5)6(2)11-12-8(9)10/h3-4H,1-2H3,(H4,9,10,12)/b11-6+. The van der Waals surface area contributed by atoms with Crippen LogP contribution in [0.25, 0.3) is 0 Å². The molecule has 1 heterocycles. The first-order chi connectivity index (χ1) is 6.09. The van der Waals surface area contributed by atoms with Crippen molar-refractivity contribution in [1.82, 2.24) is 0 Å². The topological polar surface area (TPSA) is 76.8 Å². The summed E-state index contributed by atoms with van der Waals surface area (Å²) in [6.07, 6.45) is 0. The largest absolute Gasteiger partial charge is 0.369 e. The summed E-state index contributed by atoms with van der Waals surface area (Å²) >= 11 is 1.68. The maximum Gasteiger partial charge on any atom is 0.211 e. The molecule has 13 heavy (non-hydrogen) atoms. The van der Waals surface area contributed by atoms with Crippen molar-refractivity contribution in [3.63, 3.8) is 0 Å². The van der Waals surface area contributed by atoms with Gasteiger partial charge in [0.15, 0.2) is 0 Å². The van der Waals surface area contributed by atoms with Crippen molar-refractivity contribution in [2.75, 3.05) is 0 Å². The normalized spacial score (nSPS) is 11.4. The molecule has 0 bridgehead atoms. The highest BCUT2D eigenvalue weighted by molar-refractivity contribution is 7.10. The average molecular weight is 196 g/mol. The molecule has 5 heteroatoms. The van der Waals surface area contributed by atoms with Gasteiger partial charge in [0.2, 0.25) is 5.96 Å². The second-order valence-electron chi connectivity index (χ2n) is 2.66. The number of hydrogen-bond acceptors (Lipinski definition) is 3. The molecule has 0 atom stereocenters. The van der Waals surface area contributed by atoms with Crippen LogP contribution in [-0.2, 0) is 0 Å². The predicted molar refractivity (Wildman–Crippen MR) is 57.1 cm³/mol. The van der Waals surface area contributed by atoms with Crippen molar-refractivity contribution in [1.29, 1.82) is 0 Å². The zero-order valence-electron chi connectivity index (χ0n) is 7.61. The number of rotatable bonds is 2. The fourth-order valence-corrected chi connectivity index (χ4v) is 1.57. The molecule has 0 fully saturated rings. The highest BCUT2D eigenvalue weighted by Crippen LogP contribution is 2.13. The van der Waals surface area contributed by atoms with Crippen LogP contribution in [0.1, 0.15) is 17.4 Å². The first-order valence-electron chi connectivity index (χ1n) is 3.78. The smallest absolute Gasteiger partial charge is 0.211 e. The van der Waals surface area contributed by atoms with E-state index in [4.69, 9.17) is 11.5 Å². The van der Waals surface area contributed by atoms with E-state index in [0.29, 0.717) is 0 Å². The molecule has 0 amide bonds. The molecular formula is C8H12N4S. The Bertz CT molecular complexity index is 347. The Morgan fingerprint density at radius 3 is 2.54 bits per heavy atom. The highest BCUT2D eigenvalue weighted by Gasteiger charge is 1.98. The zero-order valence-corrected chi connectivity index (χ0v) is 8.43. The summed E-state index contributed by atoms with van der Waals surface area (Å²) < 4.78 is 0. The van der Waals surface area contributed by atoms with Gasteiger partial charge in [-0.2, -0.15) is 5.10 Å². The van der Waals surface area contributed by atoms with Gasteiger partial charge >= 0.3 is 0 Å². The summed E-state index contributed by atoms with van der Waals surface area (Å²) in [6.45, 7) is 3.91. The van der Waals surface area contributed by atoms with Crippen molar-refractivity contribution in [3.8, 4) is 0 Å². The van der Waals surface area contributed by atoms with Crippen LogP contribution in [0.5, 0.6) is 0 Å². The monoisotopic (exact) mass is 196 g/mol. The van der Waals surface area contributed by atoms with E-state index >= 15 is 0 Å². The summed E-state index contributed by atoms with van der Waals surface area (Å²) in [6, 6.07) is 2.05. The molecule has 4 nitrogen and oxygen atoms in total. The Morgan fingerprint density at radius 1 is 1.38 bits per heavy atom. The Kier molecular flexibility index (Phi) is 3.02. The number of nitrogens with zero attached hydrogens (tertiary/aromatic N) is 2. The summed E-state index contributed by atoms with van der Waals surface area (Å²) in [4.78, 5) is 1.24. The summed E-state index contributed by atoms with van der Waals surface area (Å²) in [7, 11) is 0. The van der Waals surface area contributed by atoms with Crippen LogP contribution in [0, 0.1) is 6.92 Å². The Morgan fingerprint density at radius 2 is 2.08 bits per heavy atom. The minimum atomic E-state index is -0.0219. The van der Waals surface area contributed by atoms with Gasteiger partial charge in [-0.05, 0) is 19.9 Å². The van der Waals surface area contributed by atoms with Crippen molar-refractivity contribution in [2.45, 2.75) is 13.8 Å². The van der Waals surface area contributed by atoms with E-state index in [0.717, 1.165) is 11.3 Å². The van der Waals surface area contributed by atoms with Gasteiger partial charge in [-0.15, -0.1) is 16.4 Å². The first-order valence-corrected chi connectivity index (χ1v) is 4.66. The number of thiophene rings is 1. The number of nitrogens with two attached hydrogens (primary N) is 2. The van der Waals surface area contributed by atoms with Crippen molar-refractivity contribution >= 4 is 23.0 Å². The van der Waals surface area contributed by atoms with Gasteiger partial charge in [0.25, 0.3) is 0 Å². The lowest BCUT2D eigenvalue weighted by molar-refractivity contribution is 1.20. The minimum absolute atomic E-state index is 0.0219. The van der Waals surface area contributed by atoms with E-state index in [-0.39, 0.29) is 5.96 Å². The summed E-state index contributed by atoms with van der Waals surface area (Å²) in [5, 5.41) is 9.47. The van der Waals surface area contributed by atoms with Crippen LogP contribution >= 0.6 is 11.3 Å². The van der Waals surface area contributed by atoms with Crippen LogP contribution in [0.4, 0.5) is 0 Å². The summed E-state index contributed by atoms with van der Waals surface area (Å²) in [5.74, 6) is -0.0219. The lowest BCUT2D eigenvalue weighted by Crippen LogP contribution is -2.22. The van der Waals surface area contributed by atoms with E-state index in [1.807, 2.05) is 25.3 Å². The van der Waals surface area contributed by atoms with Crippen LogP contribution < -0.4 is 11.5 Å². The quantitative estimate of drug-likeness (QED) is 0.421. The van der Waals surface area contributed by atoms with E-state index in [9.17, 15) is 0 Å². The molecule has 0 unspecified atom stereocenters. The average Bonchev–Trinajstić information content (AvgIpc) is 2.47. The third kappa shape index (κ3) is 2.87. The highest BCUT2D eigenvalue weighted by atomic mass is 32.1. The molecule has 4 N–H and O–H groups in total. The molecule has 70 valence electrons. The van der Waals surface area contributed by atoms with E-state index in [1.165, 1.54) is 4.88 Å². The summed E-state index contributed by atoms with van der Waals surface area (Å²) in [5.41, 5.74) is 12.2. The molecule has 1 rings (SSSR count). The second kappa shape index (κ2) is 4.04. The van der Waals surface area contributed by atoms with Crippen LogP contribution in [0.2, 0.25) is 0 Å². The molecule has 0 spiro atoms. The third-order valence-electron chi connectivity index (χ3n) is 1.46. The molecule has 0 aliphatic heterocycles. The third-order valence-corrected chi connectivity index (χ3v) is 2.33. The van der Waals surface area contributed by atoms with Gasteiger partial charge < -0.3 is 11.5 Å². The predicted octanol–water partition coefficient (Wildman–Crippen LogP) is 1.05. The molecule has 1 aromatic heterocycles. The minimum Gasteiger partial charge on any atom is -0.369 e. The molecule has 1 aromatic rings. The first kappa shape index (κ1) is 9.73. The maximum atomic E-state index is 5.15. The molecular weight excluding hydrogens is 184 g/mol. The molecule has 0 aliphatic rings. The molecule has 0 saturated heterocycles. The van der Waals surface area contributed by atoms with Gasteiger partial charge in [0.05, 0.1) is 5.71 Å². The molecule has 0 radical (unpaired) electrons. The Hall–Kier alpha value is -1.36. The van der Waals surface area contributed by atoms with Gasteiger partial charge in [-0.3, -0.25) is 0 Å². The number of aryl methyl sites for hydroxylation is 1. The Labute approximate surface area is 81.0 Å². The van der Waals surface area contributed by atoms with Gasteiger partial charge in [0, 0.05) is 15.8 Å². The zero-order chi connectivity index (χ0) is 9.84. The fraction of sp³-hybridized carbons (Fsp3) is 0.250.